The third-order valence-corrected chi connectivity index (χ3v) is 4.32. The third kappa shape index (κ3) is 3.99. The molecule has 0 aliphatic heterocycles. The summed E-state index contributed by atoms with van der Waals surface area (Å²) in [7, 11) is 1.52. The molecule has 0 fully saturated rings. The van der Waals surface area contributed by atoms with Crippen LogP contribution in [0, 0.1) is 0 Å². The van der Waals surface area contributed by atoms with Gasteiger partial charge in [0, 0.05) is 17.2 Å². The lowest BCUT2D eigenvalue weighted by Gasteiger charge is -2.09. The summed E-state index contributed by atoms with van der Waals surface area (Å²) in [6.07, 6.45) is 0. The van der Waals surface area contributed by atoms with Gasteiger partial charge in [-0.3, -0.25) is 4.79 Å². The van der Waals surface area contributed by atoms with Gasteiger partial charge in [0.1, 0.15) is 5.69 Å². The van der Waals surface area contributed by atoms with Crippen LogP contribution in [0.5, 0.6) is 0 Å². The second-order valence-corrected chi connectivity index (χ2v) is 6.56. The monoisotopic (exact) mass is 410 g/mol. The van der Waals surface area contributed by atoms with Gasteiger partial charge in [-0.15, -0.1) is 5.10 Å². The number of nitrogens with one attached hydrogen (secondary N) is 1. The van der Waals surface area contributed by atoms with Crippen LogP contribution < -0.4 is 5.32 Å². The normalized spacial score (nSPS) is 10.8. The second kappa shape index (κ2) is 8.05. The van der Waals surface area contributed by atoms with Crippen molar-refractivity contribution in [1.82, 2.24) is 15.0 Å². The lowest BCUT2D eigenvalue weighted by Crippen LogP contribution is -2.16. The van der Waals surface area contributed by atoms with Crippen molar-refractivity contribution in [3.63, 3.8) is 0 Å². The average molecular weight is 412 g/mol. The molecular weight excluding hydrogens is 399 g/mol. The van der Waals surface area contributed by atoms with E-state index in [1.54, 1.807) is 42.5 Å². The van der Waals surface area contributed by atoms with E-state index in [2.05, 4.69) is 15.6 Å². The highest BCUT2D eigenvalue weighted by Crippen LogP contribution is 2.26. The Labute approximate surface area is 164 Å². The molecule has 26 heavy (non-hydrogen) atoms. The number of ether oxygens (including phenoxy) is 1. The summed E-state index contributed by atoms with van der Waals surface area (Å²) in [5.74, 6) is -0.471. The summed E-state index contributed by atoms with van der Waals surface area (Å²) >= 11 is 18.0. The number of methoxy groups -OCH3 is 1. The molecule has 0 aliphatic rings. The highest BCUT2D eigenvalue weighted by molar-refractivity contribution is 6.35. The van der Waals surface area contributed by atoms with E-state index in [-0.39, 0.29) is 12.3 Å². The summed E-state index contributed by atoms with van der Waals surface area (Å²) in [6.45, 7) is 0.141. The number of hydrogen-bond acceptors (Lipinski definition) is 4. The van der Waals surface area contributed by atoms with Crippen LogP contribution in [0.4, 0.5) is 5.69 Å². The molecule has 0 unspecified atom stereocenters. The number of aromatic nitrogens is 3. The summed E-state index contributed by atoms with van der Waals surface area (Å²) in [5, 5.41) is 12.2. The minimum atomic E-state index is -0.471. The van der Waals surface area contributed by atoms with Gasteiger partial charge in [-0.2, -0.15) is 0 Å². The van der Waals surface area contributed by atoms with E-state index < -0.39 is 5.91 Å². The van der Waals surface area contributed by atoms with E-state index in [0.717, 1.165) is 0 Å². The van der Waals surface area contributed by atoms with Crippen molar-refractivity contribution in [3.8, 4) is 5.69 Å². The molecule has 1 heterocycles. The molecule has 0 radical (unpaired) electrons. The highest BCUT2D eigenvalue weighted by Gasteiger charge is 2.21. The van der Waals surface area contributed by atoms with E-state index in [1.807, 2.05) is 0 Å². The number of nitrogens with zero attached hydrogens (tertiary/aromatic N) is 3. The molecule has 2 aromatic carbocycles. The van der Waals surface area contributed by atoms with Gasteiger partial charge in [-0.1, -0.05) is 40.0 Å². The van der Waals surface area contributed by atoms with Gasteiger partial charge in [0.2, 0.25) is 0 Å². The van der Waals surface area contributed by atoms with Crippen LogP contribution in [-0.4, -0.2) is 28.0 Å². The fraction of sp³-hybridized carbons (Fsp3) is 0.118. The van der Waals surface area contributed by atoms with Crippen LogP contribution in [0.15, 0.2) is 42.5 Å². The zero-order chi connectivity index (χ0) is 18.7. The molecule has 134 valence electrons. The molecule has 1 N–H and O–H groups in total. The Morgan fingerprint density at radius 1 is 1.12 bits per heavy atom. The first-order valence-corrected chi connectivity index (χ1v) is 8.59. The van der Waals surface area contributed by atoms with Crippen LogP contribution in [0.2, 0.25) is 15.1 Å². The lowest BCUT2D eigenvalue weighted by molar-refractivity contribution is 0.101. The molecule has 0 saturated carbocycles. The van der Waals surface area contributed by atoms with Crippen LogP contribution in [-0.2, 0) is 11.3 Å². The van der Waals surface area contributed by atoms with Gasteiger partial charge in [0.05, 0.1) is 23.0 Å². The van der Waals surface area contributed by atoms with Crippen molar-refractivity contribution in [1.29, 1.82) is 0 Å². The van der Waals surface area contributed by atoms with Crippen LogP contribution >= 0.6 is 34.8 Å². The Kier molecular flexibility index (Phi) is 5.78. The molecule has 3 aromatic rings. The predicted octanol–water partition coefficient (Wildman–Crippen LogP) is 4.63. The minimum absolute atomic E-state index is 0.123. The number of hydrogen-bond donors (Lipinski definition) is 1. The summed E-state index contributed by atoms with van der Waals surface area (Å²) < 4.78 is 6.72. The van der Waals surface area contributed by atoms with E-state index in [0.29, 0.717) is 32.1 Å². The van der Waals surface area contributed by atoms with Gasteiger partial charge >= 0.3 is 0 Å². The van der Waals surface area contributed by atoms with Gasteiger partial charge in [-0.05, 0) is 42.5 Å². The number of halogens is 3. The molecule has 0 aliphatic carbocycles. The predicted molar refractivity (Wildman–Crippen MR) is 101 cm³/mol. The Hall–Kier alpha value is -2.12. The Balaban J connectivity index is 1.95. The zero-order valence-electron chi connectivity index (χ0n) is 13.5. The van der Waals surface area contributed by atoms with E-state index in [1.165, 1.54) is 11.8 Å². The van der Waals surface area contributed by atoms with Crippen molar-refractivity contribution >= 4 is 46.4 Å². The molecule has 0 saturated heterocycles. The first-order chi connectivity index (χ1) is 12.5. The molecular formula is C17H13Cl3N4O2. The van der Waals surface area contributed by atoms with E-state index in [9.17, 15) is 4.79 Å². The maximum atomic E-state index is 12.7. The zero-order valence-corrected chi connectivity index (χ0v) is 15.8. The minimum Gasteiger partial charge on any atom is -0.378 e. The standard InChI is InChI=1S/C17H13Cl3N4O2/c1-26-9-15-16(17(25)21-14-8-11(19)4-7-13(14)20)22-23-24(15)12-5-2-10(18)3-6-12/h2-8H,9H2,1H3,(H,21,25). The molecule has 1 aromatic heterocycles. The Morgan fingerprint density at radius 3 is 2.50 bits per heavy atom. The first-order valence-electron chi connectivity index (χ1n) is 7.45. The van der Waals surface area contributed by atoms with Gasteiger partial charge in [0.15, 0.2) is 5.69 Å². The second-order valence-electron chi connectivity index (χ2n) is 5.28. The van der Waals surface area contributed by atoms with Crippen molar-refractivity contribution in [2.45, 2.75) is 6.61 Å². The number of benzene rings is 2. The highest BCUT2D eigenvalue weighted by atomic mass is 35.5. The number of anilines is 1. The number of rotatable bonds is 5. The van der Waals surface area contributed by atoms with Gasteiger partial charge in [-0.25, -0.2) is 4.68 Å². The topological polar surface area (TPSA) is 69.0 Å². The molecule has 0 spiro atoms. The fourth-order valence-electron chi connectivity index (χ4n) is 2.31. The third-order valence-electron chi connectivity index (χ3n) is 3.51. The van der Waals surface area contributed by atoms with Crippen molar-refractivity contribution in [2.24, 2.45) is 0 Å². The maximum Gasteiger partial charge on any atom is 0.278 e. The quantitative estimate of drug-likeness (QED) is 0.665. The van der Waals surface area contributed by atoms with Gasteiger partial charge < -0.3 is 10.1 Å². The average Bonchev–Trinajstić information content (AvgIpc) is 3.03. The molecule has 6 nitrogen and oxygen atoms in total. The molecule has 0 bridgehead atoms. The lowest BCUT2D eigenvalue weighted by atomic mass is 10.2. The summed E-state index contributed by atoms with van der Waals surface area (Å²) in [4.78, 5) is 12.7. The molecule has 3 rings (SSSR count). The van der Waals surface area contributed by atoms with Crippen molar-refractivity contribution in [2.75, 3.05) is 12.4 Å². The first kappa shape index (κ1) is 18.7. The van der Waals surface area contributed by atoms with E-state index in [4.69, 9.17) is 39.5 Å². The molecule has 1 amide bonds. The SMILES string of the molecule is COCc1c(C(=O)Nc2cc(Cl)ccc2Cl)nnn1-c1ccc(Cl)cc1. The number of carbonyl (C=O) groups is 1. The van der Waals surface area contributed by atoms with Crippen LogP contribution in [0.1, 0.15) is 16.2 Å². The van der Waals surface area contributed by atoms with Crippen molar-refractivity contribution < 1.29 is 9.53 Å². The fourth-order valence-corrected chi connectivity index (χ4v) is 2.77. The van der Waals surface area contributed by atoms with Gasteiger partial charge in [0.25, 0.3) is 5.91 Å². The van der Waals surface area contributed by atoms with Crippen molar-refractivity contribution in [3.05, 3.63) is 68.9 Å². The van der Waals surface area contributed by atoms with Crippen LogP contribution in [0.25, 0.3) is 5.69 Å². The summed E-state index contributed by atoms with van der Waals surface area (Å²) in [5.41, 5.74) is 1.70. The largest absolute Gasteiger partial charge is 0.378 e. The maximum absolute atomic E-state index is 12.7. The smallest absolute Gasteiger partial charge is 0.278 e. The number of carbonyl (C=O) groups excluding carboxylic acids is 1. The Morgan fingerprint density at radius 2 is 1.81 bits per heavy atom. The van der Waals surface area contributed by atoms with Crippen LogP contribution in [0.3, 0.4) is 0 Å². The molecule has 9 heteroatoms. The molecule has 0 atom stereocenters. The summed E-state index contributed by atoms with van der Waals surface area (Å²) in [6, 6.07) is 11.8. The van der Waals surface area contributed by atoms with E-state index >= 15 is 0 Å². The number of amides is 1. The Bertz CT molecular complexity index is 942.